The first-order valence-corrected chi connectivity index (χ1v) is 10.5. The number of piperidine rings is 1. The van der Waals surface area contributed by atoms with Crippen molar-refractivity contribution in [2.75, 3.05) is 31.6 Å². The van der Waals surface area contributed by atoms with E-state index >= 15 is 0 Å². The molecule has 0 unspecified atom stereocenters. The Kier molecular flexibility index (Phi) is 9.72. The molecule has 0 spiro atoms. The Labute approximate surface area is 188 Å². The van der Waals surface area contributed by atoms with E-state index in [-0.39, 0.29) is 24.0 Å². The molecule has 4 nitrogen and oxygen atoms in total. The predicted molar refractivity (Wildman–Crippen MR) is 129 cm³/mol. The molecule has 1 aliphatic rings. The molecule has 1 aliphatic heterocycles. The standard InChI is InChI=1S/C20H27ClN4S.HI/c1-22-20(23-12-2-4-16-6-8-17(21)9-7-16)24-18-10-13-25(14-11-18)19-5-3-15-26-19;/h3,5-9,15,18H,2,4,10-14H2,1H3,(H2,22,23,24);1H. The van der Waals surface area contributed by atoms with Crippen molar-refractivity contribution in [1.82, 2.24) is 10.6 Å². The summed E-state index contributed by atoms with van der Waals surface area (Å²) < 4.78 is 0. The van der Waals surface area contributed by atoms with Crippen molar-refractivity contribution in [2.24, 2.45) is 4.99 Å². The highest BCUT2D eigenvalue weighted by Gasteiger charge is 2.20. The molecule has 0 bridgehead atoms. The second-order valence-electron chi connectivity index (χ2n) is 6.59. The second-order valence-corrected chi connectivity index (χ2v) is 7.95. The zero-order valence-electron chi connectivity index (χ0n) is 15.7. The molecule has 1 fully saturated rings. The largest absolute Gasteiger partial charge is 0.363 e. The molecule has 0 atom stereocenters. The summed E-state index contributed by atoms with van der Waals surface area (Å²) in [5.41, 5.74) is 1.32. The van der Waals surface area contributed by atoms with Crippen LogP contribution in [0, 0.1) is 0 Å². The number of aryl methyl sites for hydroxylation is 1. The van der Waals surface area contributed by atoms with Gasteiger partial charge in [-0.1, -0.05) is 23.7 Å². The van der Waals surface area contributed by atoms with Crippen molar-refractivity contribution in [1.29, 1.82) is 0 Å². The molecule has 0 radical (unpaired) electrons. The van der Waals surface area contributed by atoms with Gasteiger partial charge in [-0.05, 0) is 60.9 Å². The minimum atomic E-state index is 0. The van der Waals surface area contributed by atoms with E-state index in [0.717, 1.165) is 56.3 Å². The van der Waals surface area contributed by atoms with E-state index in [2.05, 4.69) is 50.2 Å². The third kappa shape index (κ3) is 7.16. The monoisotopic (exact) mass is 518 g/mol. The maximum atomic E-state index is 5.93. The third-order valence-electron chi connectivity index (χ3n) is 4.73. The highest BCUT2D eigenvalue weighted by atomic mass is 127. The zero-order chi connectivity index (χ0) is 18.2. The molecule has 3 rings (SSSR count). The molecule has 0 amide bonds. The van der Waals surface area contributed by atoms with Gasteiger partial charge in [-0.3, -0.25) is 4.99 Å². The number of nitrogens with zero attached hydrogens (tertiary/aromatic N) is 2. The number of anilines is 1. The van der Waals surface area contributed by atoms with Crippen LogP contribution in [0.1, 0.15) is 24.8 Å². The number of halogens is 2. The van der Waals surface area contributed by atoms with Crippen molar-refractivity contribution in [3.8, 4) is 0 Å². The van der Waals surface area contributed by atoms with Crippen molar-refractivity contribution in [3.63, 3.8) is 0 Å². The summed E-state index contributed by atoms with van der Waals surface area (Å²) in [5, 5.41) is 11.3. The van der Waals surface area contributed by atoms with E-state index in [1.165, 1.54) is 10.6 Å². The van der Waals surface area contributed by atoms with Crippen LogP contribution >= 0.6 is 46.9 Å². The molecule has 2 heterocycles. The molecule has 27 heavy (non-hydrogen) atoms. The molecule has 148 valence electrons. The van der Waals surface area contributed by atoms with Crippen molar-refractivity contribution in [3.05, 3.63) is 52.4 Å². The maximum absolute atomic E-state index is 5.93. The molecule has 0 saturated carbocycles. The molecule has 2 aromatic rings. The maximum Gasteiger partial charge on any atom is 0.191 e. The number of nitrogens with one attached hydrogen (secondary N) is 2. The fourth-order valence-corrected chi connectivity index (χ4v) is 4.14. The summed E-state index contributed by atoms with van der Waals surface area (Å²) in [7, 11) is 1.84. The van der Waals surface area contributed by atoms with Crippen LogP contribution in [0.25, 0.3) is 0 Å². The fourth-order valence-electron chi connectivity index (χ4n) is 3.23. The molecule has 1 aromatic carbocycles. The summed E-state index contributed by atoms with van der Waals surface area (Å²) in [6.07, 6.45) is 4.40. The second kappa shape index (κ2) is 11.8. The first kappa shape index (κ1) is 22.3. The quantitative estimate of drug-likeness (QED) is 0.250. The summed E-state index contributed by atoms with van der Waals surface area (Å²) in [6, 6.07) is 12.9. The van der Waals surface area contributed by atoms with Crippen LogP contribution in [0.5, 0.6) is 0 Å². The summed E-state index contributed by atoms with van der Waals surface area (Å²) >= 11 is 7.75. The van der Waals surface area contributed by atoms with Gasteiger partial charge in [-0.25, -0.2) is 0 Å². The SMILES string of the molecule is CN=C(NCCCc1ccc(Cl)cc1)NC1CCN(c2cccs2)CC1.I. The van der Waals surface area contributed by atoms with Crippen molar-refractivity contribution >= 4 is 57.9 Å². The molecular formula is C20H28ClIN4S. The number of thiophene rings is 1. The van der Waals surface area contributed by atoms with Gasteiger partial charge in [0, 0.05) is 37.7 Å². The van der Waals surface area contributed by atoms with Crippen molar-refractivity contribution < 1.29 is 0 Å². The molecule has 0 aliphatic carbocycles. The van der Waals surface area contributed by atoms with E-state index < -0.39 is 0 Å². The number of guanidine groups is 1. The molecule has 2 N–H and O–H groups in total. The minimum Gasteiger partial charge on any atom is -0.363 e. The van der Waals surface area contributed by atoms with E-state index in [9.17, 15) is 0 Å². The fraction of sp³-hybridized carbons (Fsp3) is 0.450. The average molecular weight is 519 g/mol. The normalized spacial score (nSPS) is 15.3. The first-order chi connectivity index (χ1) is 12.7. The zero-order valence-corrected chi connectivity index (χ0v) is 19.6. The number of rotatable bonds is 6. The van der Waals surface area contributed by atoms with Crippen LogP contribution in [0.2, 0.25) is 5.02 Å². The Morgan fingerprint density at radius 2 is 1.96 bits per heavy atom. The molecule has 1 saturated heterocycles. The predicted octanol–water partition coefficient (Wildman–Crippen LogP) is 4.79. The topological polar surface area (TPSA) is 39.7 Å². The number of aliphatic imine (C=N–C) groups is 1. The number of benzene rings is 1. The first-order valence-electron chi connectivity index (χ1n) is 9.24. The van der Waals surface area contributed by atoms with Crippen molar-refractivity contribution in [2.45, 2.75) is 31.7 Å². The highest BCUT2D eigenvalue weighted by molar-refractivity contribution is 14.0. The van der Waals surface area contributed by atoms with Gasteiger partial charge in [-0.2, -0.15) is 0 Å². The van der Waals surface area contributed by atoms with E-state index in [1.807, 2.05) is 30.5 Å². The van der Waals surface area contributed by atoms with Gasteiger partial charge in [0.05, 0.1) is 5.00 Å². The summed E-state index contributed by atoms with van der Waals surface area (Å²) in [6.45, 7) is 3.12. The minimum absolute atomic E-state index is 0. The van der Waals surface area contributed by atoms with Crippen LogP contribution in [-0.4, -0.2) is 38.7 Å². The smallest absolute Gasteiger partial charge is 0.191 e. The lowest BCUT2D eigenvalue weighted by Gasteiger charge is -2.33. The number of hydrogen-bond acceptors (Lipinski definition) is 3. The van der Waals surface area contributed by atoms with Crippen LogP contribution in [0.15, 0.2) is 46.8 Å². The lowest BCUT2D eigenvalue weighted by atomic mass is 10.1. The Morgan fingerprint density at radius 3 is 2.59 bits per heavy atom. The Bertz CT molecular complexity index is 683. The highest BCUT2D eigenvalue weighted by Crippen LogP contribution is 2.24. The molecular weight excluding hydrogens is 491 g/mol. The van der Waals surface area contributed by atoms with Gasteiger partial charge < -0.3 is 15.5 Å². The Morgan fingerprint density at radius 1 is 1.22 bits per heavy atom. The van der Waals surface area contributed by atoms with Gasteiger partial charge in [0.2, 0.25) is 0 Å². The van der Waals surface area contributed by atoms with Gasteiger partial charge >= 0.3 is 0 Å². The summed E-state index contributed by atoms with van der Waals surface area (Å²) in [4.78, 5) is 6.85. The van der Waals surface area contributed by atoms with E-state index in [4.69, 9.17) is 11.6 Å². The van der Waals surface area contributed by atoms with Crippen LogP contribution < -0.4 is 15.5 Å². The lowest BCUT2D eigenvalue weighted by Crippen LogP contribution is -2.48. The Balaban J connectivity index is 0.00000261. The van der Waals surface area contributed by atoms with E-state index in [0.29, 0.717) is 6.04 Å². The Hall–Kier alpha value is -0.990. The summed E-state index contributed by atoms with van der Waals surface area (Å²) in [5.74, 6) is 0.913. The van der Waals surface area contributed by atoms with Crippen LogP contribution in [0.4, 0.5) is 5.00 Å². The number of hydrogen-bond donors (Lipinski definition) is 2. The third-order valence-corrected chi connectivity index (χ3v) is 5.91. The average Bonchev–Trinajstić information content (AvgIpc) is 3.21. The van der Waals surface area contributed by atoms with Gasteiger partial charge in [0.1, 0.15) is 0 Å². The lowest BCUT2D eigenvalue weighted by molar-refractivity contribution is 0.462. The van der Waals surface area contributed by atoms with Gasteiger partial charge in [0.25, 0.3) is 0 Å². The molecule has 1 aromatic heterocycles. The molecule has 7 heteroatoms. The van der Waals surface area contributed by atoms with Crippen LogP contribution in [-0.2, 0) is 6.42 Å². The van der Waals surface area contributed by atoms with Gasteiger partial charge in [0.15, 0.2) is 5.96 Å². The van der Waals surface area contributed by atoms with Crippen LogP contribution in [0.3, 0.4) is 0 Å². The van der Waals surface area contributed by atoms with E-state index in [1.54, 1.807) is 0 Å². The van der Waals surface area contributed by atoms with Gasteiger partial charge in [-0.15, -0.1) is 35.3 Å².